The molecular formula is C9H12FN3O2. The van der Waals surface area contributed by atoms with Gasteiger partial charge in [-0.1, -0.05) is 6.92 Å². The Labute approximate surface area is 86.4 Å². The molecule has 82 valence electrons. The lowest BCUT2D eigenvalue weighted by atomic mass is 10.0. The summed E-state index contributed by atoms with van der Waals surface area (Å²) in [6.45, 7) is 3.16. The lowest BCUT2D eigenvalue weighted by molar-refractivity contribution is -0.123. The van der Waals surface area contributed by atoms with Crippen molar-refractivity contribution < 1.29 is 13.9 Å². The number of anilines is 1. The van der Waals surface area contributed by atoms with Crippen molar-refractivity contribution in [2.45, 2.75) is 13.0 Å². The molecule has 0 aromatic carbocycles. The van der Waals surface area contributed by atoms with Gasteiger partial charge in [-0.2, -0.15) is 14.4 Å². The summed E-state index contributed by atoms with van der Waals surface area (Å²) in [5, 5.41) is 0. The van der Waals surface area contributed by atoms with Crippen molar-refractivity contribution in [2.24, 2.45) is 5.92 Å². The van der Waals surface area contributed by atoms with E-state index in [0.717, 1.165) is 12.7 Å². The molecule has 1 aliphatic rings. The molecule has 2 rings (SSSR count). The van der Waals surface area contributed by atoms with Crippen LogP contribution in [-0.4, -0.2) is 29.3 Å². The minimum atomic E-state index is -0.694. The summed E-state index contributed by atoms with van der Waals surface area (Å²) in [5.41, 5.74) is 5.27. The molecule has 2 unspecified atom stereocenters. The predicted molar refractivity (Wildman–Crippen MR) is 50.8 cm³/mol. The average molecular weight is 213 g/mol. The second kappa shape index (κ2) is 3.98. The molecule has 1 aromatic heterocycles. The first kappa shape index (κ1) is 10.1. The van der Waals surface area contributed by atoms with Gasteiger partial charge in [0.25, 0.3) is 0 Å². The number of nitrogens with zero attached hydrogens (tertiary/aromatic N) is 2. The molecule has 6 heteroatoms. The van der Waals surface area contributed by atoms with Crippen LogP contribution in [0.5, 0.6) is 5.88 Å². The molecular weight excluding hydrogens is 201 g/mol. The number of hydrogen-bond acceptors (Lipinski definition) is 5. The number of nitrogen functional groups attached to an aromatic ring is 1. The van der Waals surface area contributed by atoms with Crippen molar-refractivity contribution >= 4 is 5.95 Å². The van der Waals surface area contributed by atoms with Crippen LogP contribution in [0.2, 0.25) is 0 Å². The smallest absolute Gasteiger partial charge is 0.226 e. The van der Waals surface area contributed by atoms with Gasteiger partial charge in [-0.3, -0.25) is 0 Å². The Morgan fingerprint density at radius 2 is 2.47 bits per heavy atom. The minimum absolute atomic E-state index is 0.0595. The van der Waals surface area contributed by atoms with Crippen molar-refractivity contribution in [1.29, 1.82) is 0 Å². The first-order valence-electron chi connectivity index (χ1n) is 4.69. The van der Waals surface area contributed by atoms with Gasteiger partial charge in [0.05, 0.1) is 18.8 Å². The van der Waals surface area contributed by atoms with Crippen LogP contribution in [0, 0.1) is 11.9 Å². The molecule has 0 bridgehead atoms. The molecule has 1 aromatic rings. The summed E-state index contributed by atoms with van der Waals surface area (Å²) >= 11 is 0. The average Bonchev–Trinajstić information content (AvgIpc) is 2.14. The van der Waals surface area contributed by atoms with E-state index in [1.54, 1.807) is 0 Å². The van der Waals surface area contributed by atoms with Crippen molar-refractivity contribution in [2.75, 3.05) is 18.9 Å². The number of rotatable bonds is 3. The molecule has 0 aliphatic carbocycles. The summed E-state index contributed by atoms with van der Waals surface area (Å²) in [5.74, 6) is -0.218. The van der Waals surface area contributed by atoms with Crippen LogP contribution in [0.3, 0.4) is 0 Å². The highest BCUT2D eigenvalue weighted by molar-refractivity contribution is 5.21. The number of ether oxygens (including phenoxy) is 2. The van der Waals surface area contributed by atoms with Gasteiger partial charge in [0.1, 0.15) is 6.61 Å². The maximum absolute atomic E-state index is 12.8. The van der Waals surface area contributed by atoms with Crippen molar-refractivity contribution in [3.8, 4) is 5.88 Å². The zero-order valence-corrected chi connectivity index (χ0v) is 8.31. The standard InChI is InChI=1S/C9H12FN3O2/c1-5-3-14-6(5)4-15-8-2-7(10)12-9(11)13-8/h2,5-6H,3-4H2,1H3,(H2,11,12,13). The lowest BCUT2D eigenvalue weighted by Gasteiger charge is -2.33. The van der Waals surface area contributed by atoms with Gasteiger partial charge in [0.15, 0.2) is 0 Å². The summed E-state index contributed by atoms with van der Waals surface area (Å²) in [4.78, 5) is 7.04. The van der Waals surface area contributed by atoms with Gasteiger partial charge >= 0.3 is 0 Å². The highest BCUT2D eigenvalue weighted by Gasteiger charge is 2.28. The Hall–Kier alpha value is -1.43. The van der Waals surface area contributed by atoms with E-state index in [0.29, 0.717) is 12.5 Å². The van der Waals surface area contributed by atoms with Crippen LogP contribution < -0.4 is 10.5 Å². The van der Waals surface area contributed by atoms with E-state index in [2.05, 4.69) is 16.9 Å². The van der Waals surface area contributed by atoms with Crippen molar-refractivity contribution in [1.82, 2.24) is 9.97 Å². The molecule has 1 fully saturated rings. The Balaban J connectivity index is 1.92. The topological polar surface area (TPSA) is 70.3 Å². The first-order valence-corrected chi connectivity index (χ1v) is 4.69. The molecule has 15 heavy (non-hydrogen) atoms. The number of hydrogen-bond donors (Lipinski definition) is 1. The van der Waals surface area contributed by atoms with Gasteiger partial charge in [-0.15, -0.1) is 0 Å². The lowest BCUT2D eigenvalue weighted by Crippen LogP contribution is -2.42. The summed E-state index contributed by atoms with van der Waals surface area (Å²) in [6.07, 6.45) is 0.0595. The molecule has 0 saturated carbocycles. The molecule has 1 aliphatic heterocycles. The molecule has 2 N–H and O–H groups in total. The third kappa shape index (κ3) is 2.33. The Morgan fingerprint density at radius 1 is 1.67 bits per heavy atom. The Morgan fingerprint density at radius 3 is 3.00 bits per heavy atom. The van der Waals surface area contributed by atoms with Crippen LogP contribution in [-0.2, 0) is 4.74 Å². The summed E-state index contributed by atoms with van der Waals surface area (Å²) in [6, 6.07) is 1.10. The third-order valence-corrected chi connectivity index (χ3v) is 2.29. The summed E-state index contributed by atoms with van der Waals surface area (Å²) in [7, 11) is 0. The van der Waals surface area contributed by atoms with Crippen LogP contribution in [0.4, 0.5) is 10.3 Å². The van der Waals surface area contributed by atoms with E-state index in [4.69, 9.17) is 15.2 Å². The Bertz CT molecular complexity index is 341. The largest absolute Gasteiger partial charge is 0.475 e. The van der Waals surface area contributed by atoms with Crippen molar-refractivity contribution in [3.63, 3.8) is 0 Å². The molecule has 2 atom stereocenters. The van der Waals surface area contributed by atoms with E-state index >= 15 is 0 Å². The zero-order valence-electron chi connectivity index (χ0n) is 8.31. The SMILES string of the molecule is CC1COC1COc1cc(F)nc(N)n1. The van der Waals surface area contributed by atoms with E-state index in [9.17, 15) is 4.39 Å². The maximum Gasteiger partial charge on any atom is 0.226 e. The highest BCUT2D eigenvalue weighted by Crippen LogP contribution is 2.20. The van der Waals surface area contributed by atoms with Crippen LogP contribution in [0.1, 0.15) is 6.92 Å². The third-order valence-electron chi connectivity index (χ3n) is 2.29. The Kier molecular flexibility index (Phi) is 2.68. The molecule has 0 radical (unpaired) electrons. The fourth-order valence-electron chi connectivity index (χ4n) is 1.29. The van der Waals surface area contributed by atoms with E-state index < -0.39 is 5.95 Å². The first-order chi connectivity index (χ1) is 7.15. The van der Waals surface area contributed by atoms with Crippen LogP contribution >= 0.6 is 0 Å². The molecule has 2 heterocycles. The van der Waals surface area contributed by atoms with Crippen LogP contribution in [0.15, 0.2) is 6.07 Å². The quantitative estimate of drug-likeness (QED) is 0.745. The highest BCUT2D eigenvalue weighted by atomic mass is 19.1. The fourth-order valence-corrected chi connectivity index (χ4v) is 1.29. The van der Waals surface area contributed by atoms with Gasteiger partial charge in [-0.05, 0) is 0 Å². The zero-order chi connectivity index (χ0) is 10.8. The second-order valence-corrected chi connectivity index (χ2v) is 3.55. The van der Waals surface area contributed by atoms with E-state index in [1.165, 1.54) is 0 Å². The van der Waals surface area contributed by atoms with Gasteiger partial charge < -0.3 is 15.2 Å². The second-order valence-electron chi connectivity index (χ2n) is 3.55. The number of halogens is 1. The van der Waals surface area contributed by atoms with Crippen molar-refractivity contribution in [3.05, 3.63) is 12.0 Å². The number of aromatic nitrogens is 2. The summed E-state index contributed by atoms with van der Waals surface area (Å²) < 4.78 is 23.3. The van der Waals surface area contributed by atoms with Gasteiger partial charge in [0, 0.05) is 5.92 Å². The molecule has 1 saturated heterocycles. The van der Waals surface area contributed by atoms with E-state index in [-0.39, 0.29) is 17.9 Å². The molecule has 0 amide bonds. The maximum atomic E-state index is 12.8. The number of nitrogens with two attached hydrogens (primary N) is 1. The fraction of sp³-hybridized carbons (Fsp3) is 0.556. The van der Waals surface area contributed by atoms with Crippen LogP contribution in [0.25, 0.3) is 0 Å². The van der Waals surface area contributed by atoms with Gasteiger partial charge in [0.2, 0.25) is 17.8 Å². The normalized spacial score (nSPS) is 24.7. The molecule has 0 spiro atoms. The predicted octanol–water partition coefficient (Wildman–Crippen LogP) is 0.612. The van der Waals surface area contributed by atoms with E-state index in [1.807, 2.05) is 0 Å². The van der Waals surface area contributed by atoms with Gasteiger partial charge in [-0.25, -0.2) is 0 Å². The monoisotopic (exact) mass is 213 g/mol. The minimum Gasteiger partial charge on any atom is -0.475 e. The molecule has 5 nitrogen and oxygen atoms in total.